The number of rotatable bonds is 1. The van der Waals surface area contributed by atoms with Gasteiger partial charge in [0.1, 0.15) is 16.6 Å². The Morgan fingerprint density at radius 3 is 3.00 bits per heavy atom. The van der Waals surface area contributed by atoms with E-state index in [9.17, 15) is 4.39 Å². The van der Waals surface area contributed by atoms with E-state index in [-0.39, 0.29) is 10.8 Å². The van der Waals surface area contributed by atoms with Crippen molar-refractivity contribution in [2.24, 2.45) is 0 Å². The van der Waals surface area contributed by atoms with Crippen LogP contribution in [0.5, 0.6) is 5.75 Å². The third-order valence-electron chi connectivity index (χ3n) is 2.20. The first kappa shape index (κ1) is 8.78. The van der Waals surface area contributed by atoms with E-state index in [0.29, 0.717) is 24.4 Å². The highest BCUT2D eigenvalue weighted by Crippen LogP contribution is 2.33. The van der Waals surface area contributed by atoms with Crippen molar-refractivity contribution >= 4 is 11.6 Å². The second-order valence-corrected chi connectivity index (χ2v) is 3.33. The quantitative estimate of drug-likeness (QED) is 0.751. The first-order valence-corrected chi connectivity index (χ1v) is 4.36. The van der Waals surface area contributed by atoms with Crippen LogP contribution in [0.3, 0.4) is 0 Å². The molecular formula is C9H9ClFNO. The summed E-state index contributed by atoms with van der Waals surface area (Å²) in [5.74, 6) is 0.0441. The van der Waals surface area contributed by atoms with Crippen molar-refractivity contribution in [3.8, 4) is 5.75 Å². The maximum atomic E-state index is 13.5. The monoisotopic (exact) mass is 201 g/mol. The Labute approximate surface area is 80.7 Å². The second-order valence-electron chi connectivity index (χ2n) is 2.95. The van der Waals surface area contributed by atoms with Crippen LogP contribution in [0, 0.1) is 5.82 Å². The fourth-order valence-corrected chi connectivity index (χ4v) is 1.76. The maximum Gasteiger partial charge on any atom is 0.150 e. The zero-order valence-corrected chi connectivity index (χ0v) is 7.91. The topological polar surface area (TPSA) is 21.3 Å². The van der Waals surface area contributed by atoms with Gasteiger partial charge in [0.15, 0.2) is 0 Å². The van der Waals surface area contributed by atoms with E-state index in [1.165, 1.54) is 7.11 Å². The van der Waals surface area contributed by atoms with E-state index in [4.69, 9.17) is 16.3 Å². The Balaban J connectivity index is 2.61. The summed E-state index contributed by atoms with van der Waals surface area (Å²) >= 11 is 5.75. The van der Waals surface area contributed by atoms with E-state index in [2.05, 4.69) is 5.32 Å². The molecule has 13 heavy (non-hydrogen) atoms. The van der Waals surface area contributed by atoms with Crippen molar-refractivity contribution in [3.63, 3.8) is 0 Å². The fourth-order valence-electron chi connectivity index (χ4n) is 1.51. The lowest BCUT2D eigenvalue weighted by Crippen LogP contribution is -2.00. The zero-order chi connectivity index (χ0) is 9.42. The summed E-state index contributed by atoms with van der Waals surface area (Å²) in [4.78, 5) is 0. The molecule has 1 heterocycles. The molecule has 0 aromatic heterocycles. The minimum absolute atomic E-state index is 0.0740. The lowest BCUT2D eigenvalue weighted by atomic mass is 10.1. The number of hydrogen-bond donors (Lipinski definition) is 1. The Morgan fingerprint density at radius 2 is 2.31 bits per heavy atom. The molecule has 1 aromatic rings. The number of benzene rings is 1. The third-order valence-corrected chi connectivity index (χ3v) is 2.56. The molecule has 1 aliphatic heterocycles. The molecular weight excluding hydrogens is 193 g/mol. The van der Waals surface area contributed by atoms with Crippen molar-refractivity contribution < 1.29 is 9.13 Å². The normalized spacial score (nSPS) is 14.4. The van der Waals surface area contributed by atoms with Gasteiger partial charge in [0.05, 0.1) is 7.11 Å². The van der Waals surface area contributed by atoms with Gasteiger partial charge in [-0.15, -0.1) is 0 Å². The van der Waals surface area contributed by atoms with Crippen LogP contribution in [0.4, 0.5) is 4.39 Å². The van der Waals surface area contributed by atoms with Gasteiger partial charge < -0.3 is 10.1 Å². The van der Waals surface area contributed by atoms with E-state index in [1.807, 2.05) is 0 Å². The minimum atomic E-state index is -0.360. The van der Waals surface area contributed by atoms with Crippen molar-refractivity contribution in [2.75, 3.05) is 7.11 Å². The number of halogens is 2. The Kier molecular flexibility index (Phi) is 2.14. The molecule has 1 aromatic carbocycles. The largest absolute Gasteiger partial charge is 0.495 e. The maximum absolute atomic E-state index is 13.5. The lowest BCUT2D eigenvalue weighted by molar-refractivity contribution is 0.411. The highest BCUT2D eigenvalue weighted by Gasteiger charge is 2.20. The SMILES string of the molecule is COc1cc2c(c(F)c1Cl)CNC2. The summed E-state index contributed by atoms with van der Waals surface area (Å²) in [5, 5.41) is 3.13. The number of nitrogens with one attached hydrogen (secondary N) is 1. The second kappa shape index (κ2) is 3.16. The summed E-state index contributed by atoms with van der Waals surface area (Å²) in [7, 11) is 1.48. The van der Waals surface area contributed by atoms with Gasteiger partial charge >= 0.3 is 0 Å². The standard InChI is InChI=1S/C9H9ClFNO/c1-13-7-2-5-3-12-4-6(5)9(11)8(7)10/h2,12H,3-4H2,1H3. The number of hydrogen-bond acceptors (Lipinski definition) is 2. The molecule has 0 aliphatic carbocycles. The smallest absolute Gasteiger partial charge is 0.150 e. The van der Waals surface area contributed by atoms with E-state index in [0.717, 1.165) is 5.56 Å². The van der Waals surface area contributed by atoms with Gasteiger partial charge in [-0.3, -0.25) is 0 Å². The van der Waals surface area contributed by atoms with Crippen LogP contribution in [0.25, 0.3) is 0 Å². The van der Waals surface area contributed by atoms with Crippen molar-refractivity contribution in [1.82, 2.24) is 5.32 Å². The van der Waals surface area contributed by atoms with Gasteiger partial charge in [-0.25, -0.2) is 4.39 Å². The molecule has 0 amide bonds. The van der Waals surface area contributed by atoms with E-state index < -0.39 is 0 Å². The summed E-state index contributed by atoms with van der Waals surface area (Å²) in [6, 6.07) is 1.78. The minimum Gasteiger partial charge on any atom is -0.495 e. The third kappa shape index (κ3) is 1.28. The predicted molar refractivity (Wildman–Crippen MR) is 48.5 cm³/mol. The molecule has 70 valence electrons. The van der Waals surface area contributed by atoms with Gasteiger partial charge in [-0.2, -0.15) is 0 Å². The molecule has 0 radical (unpaired) electrons. The number of fused-ring (bicyclic) bond motifs is 1. The highest BCUT2D eigenvalue weighted by molar-refractivity contribution is 6.32. The van der Waals surface area contributed by atoms with Gasteiger partial charge in [0.25, 0.3) is 0 Å². The van der Waals surface area contributed by atoms with Gasteiger partial charge in [0, 0.05) is 18.7 Å². The first-order valence-electron chi connectivity index (χ1n) is 3.98. The van der Waals surface area contributed by atoms with Crippen LogP contribution in [-0.4, -0.2) is 7.11 Å². The van der Waals surface area contributed by atoms with Crippen LogP contribution in [0.2, 0.25) is 5.02 Å². The molecule has 0 atom stereocenters. The molecule has 0 fully saturated rings. The van der Waals surface area contributed by atoms with Crippen LogP contribution < -0.4 is 10.1 Å². The van der Waals surface area contributed by atoms with Crippen LogP contribution in [-0.2, 0) is 13.1 Å². The molecule has 0 spiro atoms. The van der Waals surface area contributed by atoms with Crippen molar-refractivity contribution in [1.29, 1.82) is 0 Å². The molecule has 1 aliphatic rings. The zero-order valence-electron chi connectivity index (χ0n) is 7.16. The molecule has 0 saturated heterocycles. The number of ether oxygens (including phenoxy) is 1. The first-order chi connectivity index (χ1) is 6.24. The molecule has 0 saturated carbocycles. The Morgan fingerprint density at radius 1 is 1.54 bits per heavy atom. The Bertz CT molecular complexity index is 353. The number of methoxy groups -OCH3 is 1. The average molecular weight is 202 g/mol. The predicted octanol–water partition coefficient (Wildman–Crippen LogP) is 2.09. The van der Waals surface area contributed by atoms with Gasteiger partial charge in [-0.05, 0) is 11.6 Å². The highest BCUT2D eigenvalue weighted by atomic mass is 35.5. The van der Waals surface area contributed by atoms with Crippen molar-refractivity contribution in [2.45, 2.75) is 13.1 Å². The average Bonchev–Trinajstić information content (AvgIpc) is 2.59. The van der Waals surface area contributed by atoms with Crippen LogP contribution in [0.1, 0.15) is 11.1 Å². The van der Waals surface area contributed by atoms with Crippen LogP contribution in [0.15, 0.2) is 6.07 Å². The van der Waals surface area contributed by atoms with E-state index in [1.54, 1.807) is 6.07 Å². The molecule has 4 heteroatoms. The van der Waals surface area contributed by atoms with Gasteiger partial charge in [-0.1, -0.05) is 11.6 Å². The summed E-state index contributed by atoms with van der Waals surface area (Å²) < 4.78 is 18.4. The summed E-state index contributed by atoms with van der Waals surface area (Å²) in [6.07, 6.45) is 0. The molecule has 0 bridgehead atoms. The summed E-state index contributed by atoms with van der Waals surface area (Å²) in [6.45, 7) is 1.23. The molecule has 2 nitrogen and oxygen atoms in total. The lowest BCUT2D eigenvalue weighted by Gasteiger charge is -2.07. The fraction of sp³-hybridized carbons (Fsp3) is 0.333. The molecule has 1 N–H and O–H groups in total. The van der Waals surface area contributed by atoms with E-state index >= 15 is 0 Å². The Hall–Kier alpha value is -0.800. The molecule has 0 unspecified atom stereocenters. The van der Waals surface area contributed by atoms with Crippen LogP contribution >= 0.6 is 11.6 Å². The summed E-state index contributed by atoms with van der Waals surface area (Å²) in [5.41, 5.74) is 1.59. The van der Waals surface area contributed by atoms with Gasteiger partial charge in [0.2, 0.25) is 0 Å². The van der Waals surface area contributed by atoms with Crippen molar-refractivity contribution in [3.05, 3.63) is 28.0 Å². The molecule has 2 rings (SSSR count).